The van der Waals surface area contributed by atoms with E-state index in [-0.39, 0.29) is 11.5 Å². The van der Waals surface area contributed by atoms with Gasteiger partial charge in [-0.2, -0.15) is 0 Å². The lowest BCUT2D eigenvalue weighted by Crippen LogP contribution is -2.41. The van der Waals surface area contributed by atoms with Crippen molar-refractivity contribution in [2.24, 2.45) is 5.41 Å². The summed E-state index contributed by atoms with van der Waals surface area (Å²) in [5.74, 6) is 0. The molecule has 2 N–H and O–H groups in total. The first-order valence-corrected chi connectivity index (χ1v) is 7.62. The van der Waals surface area contributed by atoms with Crippen LogP contribution in [0.5, 0.6) is 0 Å². The molecule has 2 unspecified atom stereocenters. The van der Waals surface area contributed by atoms with E-state index in [2.05, 4.69) is 38.2 Å². The molecule has 2 atom stereocenters. The highest BCUT2D eigenvalue weighted by Gasteiger charge is 2.19. The van der Waals surface area contributed by atoms with Gasteiger partial charge in [0.1, 0.15) is 0 Å². The van der Waals surface area contributed by atoms with Crippen LogP contribution in [0, 0.1) is 5.41 Å². The molecule has 0 aliphatic carbocycles. The second-order valence-electron chi connectivity index (χ2n) is 6.86. The molecule has 5 nitrogen and oxygen atoms in total. The van der Waals surface area contributed by atoms with Crippen molar-refractivity contribution in [3.8, 4) is 0 Å². The van der Waals surface area contributed by atoms with E-state index in [0.717, 1.165) is 32.5 Å². The van der Waals surface area contributed by atoms with E-state index in [9.17, 15) is 5.11 Å². The first-order valence-electron chi connectivity index (χ1n) is 7.62. The van der Waals surface area contributed by atoms with Crippen LogP contribution in [-0.4, -0.2) is 75.8 Å². The average Bonchev–Trinajstić information content (AvgIpc) is 2.79. The summed E-state index contributed by atoms with van der Waals surface area (Å²) in [6, 6.07) is 0. The van der Waals surface area contributed by atoms with Crippen molar-refractivity contribution >= 4 is 0 Å². The molecule has 0 spiro atoms. The van der Waals surface area contributed by atoms with E-state index in [1.807, 2.05) is 0 Å². The van der Waals surface area contributed by atoms with E-state index in [0.29, 0.717) is 19.8 Å². The zero-order chi connectivity index (χ0) is 15.0. The normalized spacial score (nSPS) is 21.6. The summed E-state index contributed by atoms with van der Waals surface area (Å²) in [6.07, 6.45) is 1.98. The van der Waals surface area contributed by atoms with Gasteiger partial charge < -0.3 is 24.8 Å². The number of aliphatic hydroxyl groups excluding tert-OH is 1. The first kappa shape index (κ1) is 17.9. The van der Waals surface area contributed by atoms with Crippen LogP contribution in [0.1, 0.15) is 26.7 Å². The number of ether oxygens (including phenoxy) is 2. The number of nitrogens with zero attached hydrogens (tertiary/aromatic N) is 1. The monoisotopic (exact) mass is 288 g/mol. The van der Waals surface area contributed by atoms with Crippen molar-refractivity contribution in [3.05, 3.63) is 0 Å². The maximum Gasteiger partial charge on any atom is 0.0897 e. The van der Waals surface area contributed by atoms with Crippen molar-refractivity contribution in [1.29, 1.82) is 0 Å². The lowest BCUT2D eigenvalue weighted by atomic mass is 9.93. The second-order valence-corrected chi connectivity index (χ2v) is 6.86. The van der Waals surface area contributed by atoms with Gasteiger partial charge in [0.25, 0.3) is 0 Å². The summed E-state index contributed by atoms with van der Waals surface area (Å²) in [5, 5.41) is 13.2. The molecular formula is C15H32N2O3. The van der Waals surface area contributed by atoms with Crippen molar-refractivity contribution in [2.75, 3.05) is 53.6 Å². The minimum atomic E-state index is -0.452. The Balaban J connectivity index is 2.02. The second kappa shape index (κ2) is 8.95. The van der Waals surface area contributed by atoms with Crippen LogP contribution in [0.3, 0.4) is 0 Å². The average molecular weight is 288 g/mol. The lowest BCUT2D eigenvalue weighted by Gasteiger charge is -2.29. The summed E-state index contributed by atoms with van der Waals surface area (Å²) in [4.78, 5) is 2.18. The fourth-order valence-corrected chi connectivity index (χ4v) is 2.66. The molecule has 20 heavy (non-hydrogen) atoms. The molecule has 1 fully saturated rings. The molecule has 1 heterocycles. The van der Waals surface area contributed by atoms with E-state index >= 15 is 0 Å². The Morgan fingerprint density at radius 1 is 1.45 bits per heavy atom. The highest BCUT2D eigenvalue weighted by molar-refractivity contribution is 4.75. The molecule has 1 saturated heterocycles. The van der Waals surface area contributed by atoms with Gasteiger partial charge in [-0.3, -0.25) is 0 Å². The van der Waals surface area contributed by atoms with Crippen LogP contribution < -0.4 is 5.32 Å². The third-order valence-corrected chi connectivity index (χ3v) is 3.37. The predicted molar refractivity (Wildman–Crippen MR) is 81.0 cm³/mol. The third-order valence-electron chi connectivity index (χ3n) is 3.37. The molecule has 0 aromatic heterocycles. The first-order chi connectivity index (χ1) is 9.39. The van der Waals surface area contributed by atoms with Crippen LogP contribution in [0.2, 0.25) is 0 Å². The van der Waals surface area contributed by atoms with Crippen molar-refractivity contribution in [3.63, 3.8) is 0 Å². The van der Waals surface area contributed by atoms with Gasteiger partial charge in [0, 0.05) is 26.2 Å². The summed E-state index contributed by atoms with van der Waals surface area (Å²) in [5.41, 5.74) is 0.196. The molecule has 0 aromatic rings. The molecule has 1 aliphatic rings. The van der Waals surface area contributed by atoms with Crippen LogP contribution in [0.15, 0.2) is 0 Å². The van der Waals surface area contributed by atoms with Crippen molar-refractivity contribution < 1.29 is 14.6 Å². The Hall–Kier alpha value is -0.200. The Morgan fingerprint density at radius 3 is 2.80 bits per heavy atom. The Bertz CT molecular complexity index is 254. The molecule has 0 saturated carbocycles. The Kier molecular flexibility index (Phi) is 7.99. The highest BCUT2D eigenvalue weighted by atomic mass is 16.5. The third kappa shape index (κ3) is 8.17. The summed E-state index contributed by atoms with van der Waals surface area (Å²) < 4.78 is 11.0. The van der Waals surface area contributed by atoms with Gasteiger partial charge in [0.15, 0.2) is 0 Å². The van der Waals surface area contributed by atoms with E-state index in [1.165, 1.54) is 0 Å². The largest absolute Gasteiger partial charge is 0.389 e. The fourth-order valence-electron chi connectivity index (χ4n) is 2.66. The molecule has 0 radical (unpaired) electrons. The summed E-state index contributed by atoms with van der Waals surface area (Å²) >= 11 is 0. The van der Waals surface area contributed by atoms with Gasteiger partial charge in [0.05, 0.1) is 25.4 Å². The molecule has 1 rings (SSSR count). The Morgan fingerprint density at radius 2 is 2.20 bits per heavy atom. The number of aliphatic hydroxyl groups is 1. The zero-order valence-electron chi connectivity index (χ0n) is 13.5. The van der Waals surface area contributed by atoms with Crippen molar-refractivity contribution in [1.82, 2.24) is 10.2 Å². The summed E-state index contributed by atoms with van der Waals surface area (Å²) in [6.45, 7) is 8.74. The zero-order valence-corrected chi connectivity index (χ0v) is 13.5. The maximum atomic E-state index is 9.86. The van der Waals surface area contributed by atoms with Gasteiger partial charge in [-0.15, -0.1) is 0 Å². The van der Waals surface area contributed by atoms with Gasteiger partial charge in [-0.25, -0.2) is 0 Å². The van der Waals surface area contributed by atoms with Crippen LogP contribution in [0.25, 0.3) is 0 Å². The van der Waals surface area contributed by atoms with Crippen LogP contribution >= 0.6 is 0 Å². The highest BCUT2D eigenvalue weighted by Crippen LogP contribution is 2.14. The smallest absolute Gasteiger partial charge is 0.0897 e. The van der Waals surface area contributed by atoms with Crippen LogP contribution in [-0.2, 0) is 9.47 Å². The lowest BCUT2D eigenvalue weighted by molar-refractivity contribution is -0.0168. The molecule has 1 aliphatic heterocycles. The summed E-state index contributed by atoms with van der Waals surface area (Å²) in [7, 11) is 4.16. The van der Waals surface area contributed by atoms with Gasteiger partial charge >= 0.3 is 0 Å². The van der Waals surface area contributed by atoms with Gasteiger partial charge in [-0.1, -0.05) is 13.8 Å². The van der Waals surface area contributed by atoms with Gasteiger partial charge in [-0.05, 0) is 32.4 Å². The van der Waals surface area contributed by atoms with E-state index in [4.69, 9.17) is 9.47 Å². The Labute approximate surface area is 123 Å². The van der Waals surface area contributed by atoms with E-state index < -0.39 is 6.10 Å². The number of hydrogen-bond acceptors (Lipinski definition) is 5. The molecular weight excluding hydrogens is 256 g/mol. The SMILES string of the molecule is CN(C)CC(C)(C)CNCC(O)COCC1CCCO1. The maximum absolute atomic E-state index is 9.86. The topological polar surface area (TPSA) is 54.0 Å². The van der Waals surface area contributed by atoms with Crippen LogP contribution in [0.4, 0.5) is 0 Å². The number of rotatable bonds is 10. The molecule has 0 aromatic carbocycles. The fraction of sp³-hybridized carbons (Fsp3) is 1.00. The molecule has 0 amide bonds. The minimum absolute atomic E-state index is 0.196. The number of hydrogen-bond donors (Lipinski definition) is 2. The molecule has 5 heteroatoms. The minimum Gasteiger partial charge on any atom is -0.389 e. The molecule has 0 bridgehead atoms. The number of nitrogens with one attached hydrogen (secondary N) is 1. The quantitative estimate of drug-likeness (QED) is 0.620. The standard InChI is InChI=1S/C15H32N2O3/c1-15(2,12-17(3)4)11-16-8-13(18)9-19-10-14-6-5-7-20-14/h13-14,16,18H,5-12H2,1-4H3. The van der Waals surface area contributed by atoms with E-state index in [1.54, 1.807) is 0 Å². The molecule has 120 valence electrons. The predicted octanol–water partition coefficient (Wildman–Crippen LogP) is 0.720. The van der Waals surface area contributed by atoms with Crippen molar-refractivity contribution in [2.45, 2.75) is 38.9 Å². The van der Waals surface area contributed by atoms with Gasteiger partial charge in [0.2, 0.25) is 0 Å².